The Morgan fingerprint density at radius 2 is 1.85 bits per heavy atom. The lowest BCUT2D eigenvalue weighted by Crippen LogP contribution is -2.57. The molecule has 4 heterocycles. The monoisotopic (exact) mass is 444 g/mol. The summed E-state index contributed by atoms with van der Waals surface area (Å²) in [5.74, 6) is 0.649. The van der Waals surface area contributed by atoms with Crippen molar-refractivity contribution >= 4 is 11.6 Å². The molecule has 3 aliphatic rings. The maximum absolute atomic E-state index is 12.9. The zero-order valence-electron chi connectivity index (χ0n) is 19.2. The number of piperidine rings is 3. The van der Waals surface area contributed by atoms with Crippen molar-refractivity contribution in [3.05, 3.63) is 78.1 Å². The van der Waals surface area contributed by atoms with E-state index in [1.807, 2.05) is 41.1 Å². The lowest BCUT2D eigenvalue weighted by Gasteiger charge is -2.49. The van der Waals surface area contributed by atoms with E-state index in [0.29, 0.717) is 12.0 Å². The summed E-state index contributed by atoms with van der Waals surface area (Å²) < 4.78 is 1.98. The predicted octanol–water partition coefficient (Wildman–Crippen LogP) is 3.26. The topological polar surface area (TPSA) is 66.3 Å². The van der Waals surface area contributed by atoms with E-state index in [-0.39, 0.29) is 11.8 Å². The van der Waals surface area contributed by atoms with Gasteiger partial charge in [-0.25, -0.2) is 0 Å². The summed E-state index contributed by atoms with van der Waals surface area (Å²) >= 11 is 0. The fourth-order valence-electron chi connectivity index (χ4n) is 5.33. The Hall–Kier alpha value is -3.03. The van der Waals surface area contributed by atoms with Crippen LogP contribution in [0, 0.1) is 11.8 Å². The number of fused-ring (bicyclic) bond motifs is 3. The standard InChI is InChI=1S/C26H32N6O/c1-30(15-20-8-4-2-5-9-20)16-23-17-32(29-28-23)18-24-14-21-12-13-31(24)19-25(21)26(33)27-22-10-6-3-7-11-22/h2-11,17,21,24-25H,12-16,18-19H2,1H3,(H,27,33)/t21-,24+,25-/m0/s1. The SMILES string of the molecule is CN(Cc1ccccc1)Cc1cn(C[C@H]2C[C@@H]3CCN2C[C@@H]3C(=O)Nc2ccccc2)nn1. The summed E-state index contributed by atoms with van der Waals surface area (Å²) in [4.78, 5) is 17.6. The largest absolute Gasteiger partial charge is 0.326 e. The first-order valence-corrected chi connectivity index (χ1v) is 11.9. The Morgan fingerprint density at radius 1 is 1.09 bits per heavy atom. The zero-order chi connectivity index (χ0) is 22.6. The first kappa shape index (κ1) is 21.8. The second-order valence-electron chi connectivity index (χ2n) is 9.48. The Labute approximate surface area is 195 Å². The first-order valence-electron chi connectivity index (χ1n) is 11.9. The number of amides is 1. The second-order valence-corrected chi connectivity index (χ2v) is 9.48. The molecular weight excluding hydrogens is 412 g/mol. The molecule has 1 aromatic heterocycles. The normalized spacial score (nSPS) is 24.2. The molecule has 1 unspecified atom stereocenters. The van der Waals surface area contributed by atoms with Gasteiger partial charge >= 0.3 is 0 Å². The maximum Gasteiger partial charge on any atom is 0.229 e. The molecular formula is C26H32N6O. The number of hydrogen-bond donors (Lipinski definition) is 1. The molecule has 172 valence electrons. The number of carbonyl (C=O) groups is 1. The summed E-state index contributed by atoms with van der Waals surface area (Å²) in [6.07, 6.45) is 4.21. The highest BCUT2D eigenvalue weighted by Crippen LogP contribution is 2.37. The fourth-order valence-corrected chi connectivity index (χ4v) is 5.33. The summed E-state index contributed by atoms with van der Waals surface area (Å²) in [5.41, 5.74) is 3.16. The molecule has 0 aliphatic carbocycles. The molecule has 7 heteroatoms. The molecule has 6 rings (SSSR count). The van der Waals surface area contributed by atoms with Crippen LogP contribution < -0.4 is 5.32 Å². The molecule has 1 amide bonds. The van der Waals surface area contributed by atoms with Gasteiger partial charge in [-0.15, -0.1) is 5.10 Å². The van der Waals surface area contributed by atoms with Crippen molar-refractivity contribution in [2.45, 2.75) is 38.5 Å². The molecule has 33 heavy (non-hydrogen) atoms. The van der Waals surface area contributed by atoms with E-state index >= 15 is 0 Å². The number of anilines is 1. The highest BCUT2D eigenvalue weighted by molar-refractivity contribution is 5.93. The third-order valence-electron chi connectivity index (χ3n) is 6.97. The van der Waals surface area contributed by atoms with E-state index in [0.717, 1.165) is 56.9 Å². The van der Waals surface area contributed by atoms with Crippen molar-refractivity contribution < 1.29 is 4.79 Å². The summed E-state index contributed by atoms with van der Waals surface area (Å²) in [6, 6.07) is 20.7. The molecule has 3 fully saturated rings. The van der Waals surface area contributed by atoms with Crippen LogP contribution in [0.4, 0.5) is 5.69 Å². The van der Waals surface area contributed by atoms with Crippen LogP contribution in [0.5, 0.6) is 0 Å². The number of carbonyl (C=O) groups excluding carboxylic acids is 1. The second kappa shape index (κ2) is 9.85. The Balaban J connectivity index is 1.14. The number of nitrogens with one attached hydrogen (secondary N) is 1. The molecule has 0 saturated carbocycles. The Bertz CT molecular complexity index is 1050. The number of rotatable bonds is 8. The number of hydrogen-bond acceptors (Lipinski definition) is 5. The van der Waals surface area contributed by atoms with Crippen molar-refractivity contribution in [1.29, 1.82) is 0 Å². The lowest BCUT2D eigenvalue weighted by molar-refractivity contribution is -0.127. The van der Waals surface area contributed by atoms with Crippen LogP contribution in [0.2, 0.25) is 0 Å². The van der Waals surface area contributed by atoms with Crippen LogP contribution in [-0.2, 0) is 24.4 Å². The van der Waals surface area contributed by atoms with Gasteiger partial charge in [0.05, 0.1) is 18.2 Å². The van der Waals surface area contributed by atoms with Gasteiger partial charge in [-0.2, -0.15) is 0 Å². The quantitative estimate of drug-likeness (QED) is 0.578. The fraction of sp³-hybridized carbons (Fsp3) is 0.423. The van der Waals surface area contributed by atoms with Crippen LogP contribution in [0.1, 0.15) is 24.1 Å². The van der Waals surface area contributed by atoms with Gasteiger partial charge in [0, 0.05) is 37.6 Å². The Morgan fingerprint density at radius 3 is 2.58 bits per heavy atom. The molecule has 4 atom stereocenters. The summed E-state index contributed by atoms with van der Waals surface area (Å²) in [7, 11) is 2.11. The Kier molecular flexibility index (Phi) is 6.51. The van der Waals surface area contributed by atoms with Crippen molar-refractivity contribution in [1.82, 2.24) is 24.8 Å². The van der Waals surface area contributed by atoms with Gasteiger partial charge in [0.15, 0.2) is 0 Å². The van der Waals surface area contributed by atoms with E-state index < -0.39 is 0 Å². The number of para-hydroxylation sites is 1. The number of benzene rings is 2. The van der Waals surface area contributed by atoms with Gasteiger partial charge in [-0.05, 0) is 50.0 Å². The molecule has 7 nitrogen and oxygen atoms in total. The van der Waals surface area contributed by atoms with Gasteiger partial charge in [0.1, 0.15) is 0 Å². The molecule has 3 saturated heterocycles. The smallest absolute Gasteiger partial charge is 0.229 e. The van der Waals surface area contributed by atoms with Crippen LogP contribution in [0.3, 0.4) is 0 Å². The van der Waals surface area contributed by atoms with Gasteiger partial charge in [-0.3, -0.25) is 19.3 Å². The molecule has 0 radical (unpaired) electrons. The maximum atomic E-state index is 12.9. The molecule has 2 bridgehead atoms. The van der Waals surface area contributed by atoms with Gasteiger partial charge in [0.25, 0.3) is 0 Å². The van der Waals surface area contributed by atoms with Gasteiger partial charge in [-0.1, -0.05) is 53.7 Å². The molecule has 3 aliphatic heterocycles. The van der Waals surface area contributed by atoms with Crippen molar-refractivity contribution in [2.75, 3.05) is 25.5 Å². The van der Waals surface area contributed by atoms with Crippen LogP contribution in [0.25, 0.3) is 0 Å². The molecule has 1 N–H and O–H groups in total. The minimum Gasteiger partial charge on any atom is -0.326 e. The van der Waals surface area contributed by atoms with Gasteiger partial charge in [0.2, 0.25) is 5.91 Å². The van der Waals surface area contributed by atoms with E-state index in [9.17, 15) is 4.79 Å². The van der Waals surface area contributed by atoms with E-state index in [1.54, 1.807) is 0 Å². The van der Waals surface area contributed by atoms with E-state index in [1.165, 1.54) is 5.56 Å². The molecule has 3 aromatic rings. The van der Waals surface area contributed by atoms with Gasteiger partial charge < -0.3 is 5.32 Å². The molecule has 2 aromatic carbocycles. The third kappa shape index (κ3) is 5.31. The average molecular weight is 445 g/mol. The highest BCUT2D eigenvalue weighted by Gasteiger charge is 2.43. The summed E-state index contributed by atoms with van der Waals surface area (Å²) in [5, 5.41) is 11.9. The van der Waals surface area contributed by atoms with E-state index in [2.05, 4.69) is 62.9 Å². The van der Waals surface area contributed by atoms with Crippen molar-refractivity contribution in [3.8, 4) is 0 Å². The molecule has 0 spiro atoms. The number of aromatic nitrogens is 3. The van der Waals surface area contributed by atoms with Crippen LogP contribution in [0.15, 0.2) is 66.9 Å². The average Bonchev–Trinajstić information content (AvgIpc) is 3.27. The number of nitrogens with zero attached hydrogens (tertiary/aromatic N) is 5. The minimum atomic E-state index is 0.0631. The summed E-state index contributed by atoms with van der Waals surface area (Å²) in [6.45, 7) is 4.38. The first-order chi connectivity index (χ1) is 16.1. The predicted molar refractivity (Wildman–Crippen MR) is 128 cm³/mol. The van der Waals surface area contributed by atoms with Crippen molar-refractivity contribution in [3.63, 3.8) is 0 Å². The van der Waals surface area contributed by atoms with Crippen LogP contribution >= 0.6 is 0 Å². The van der Waals surface area contributed by atoms with Crippen molar-refractivity contribution in [2.24, 2.45) is 11.8 Å². The lowest BCUT2D eigenvalue weighted by atomic mass is 9.75. The highest BCUT2D eigenvalue weighted by atomic mass is 16.2. The third-order valence-corrected chi connectivity index (χ3v) is 6.97. The van der Waals surface area contributed by atoms with E-state index in [4.69, 9.17) is 0 Å². The minimum absolute atomic E-state index is 0.0631. The van der Waals surface area contributed by atoms with Crippen LogP contribution in [-0.4, -0.2) is 56.9 Å². The zero-order valence-corrected chi connectivity index (χ0v) is 19.2.